The molecule has 0 unspecified atom stereocenters. The summed E-state index contributed by atoms with van der Waals surface area (Å²) in [5, 5.41) is 0. The average Bonchev–Trinajstić information content (AvgIpc) is 2.81. The molecule has 0 spiro atoms. The first-order chi connectivity index (χ1) is 16.2. The predicted molar refractivity (Wildman–Crippen MR) is 135 cm³/mol. The van der Waals surface area contributed by atoms with Crippen molar-refractivity contribution in [3.05, 3.63) is 53.1 Å². The van der Waals surface area contributed by atoms with Gasteiger partial charge >= 0.3 is 0 Å². The normalized spacial score (nSPS) is 13.7. The van der Waals surface area contributed by atoms with Crippen molar-refractivity contribution in [2.75, 3.05) is 0 Å². The summed E-state index contributed by atoms with van der Waals surface area (Å²) in [4.78, 5) is 0. The Hall–Kier alpha value is -2.88. The van der Waals surface area contributed by atoms with Crippen LogP contribution in [-0.2, 0) is 19.3 Å². The molecule has 3 aliphatic rings. The second-order valence-electron chi connectivity index (χ2n) is 9.71. The fourth-order valence-electron chi connectivity index (χ4n) is 5.60. The lowest BCUT2D eigenvalue weighted by molar-refractivity contribution is 0.440. The van der Waals surface area contributed by atoms with E-state index in [1.165, 1.54) is 42.4 Å². The Kier molecular flexibility index (Phi) is 5.12. The highest BCUT2D eigenvalue weighted by molar-refractivity contribution is 6.99. The number of benzene rings is 3. The van der Waals surface area contributed by atoms with Crippen molar-refractivity contribution in [3.63, 3.8) is 0 Å². The smallest absolute Gasteiger partial charge is 0.270 e. The highest BCUT2D eigenvalue weighted by atomic mass is 16.5. The maximum atomic E-state index is 6.59. The summed E-state index contributed by atoms with van der Waals surface area (Å²) in [7, 11) is 0. The molecule has 0 N–H and O–H groups in total. The molecule has 0 bridgehead atoms. The van der Waals surface area contributed by atoms with Crippen molar-refractivity contribution < 1.29 is 14.2 Å². The third-order valence-corrected chi connectivity index (χ3v) is 7.19. The largest absolute Gasteiger partial charge is 0.458 e. The van der Waals surface area contributed by atoms with Crippen LogP contribution in [0, 0.1) is 0 Å². The molecular weight excluding hydrogens is 407 g/mol. The molecule has 0 aromatic heterocycles. The number of ether oxygens (including phenoxy) is 3. The van der Waals surface area contributed by atoms with E-state index in [4.69, 9.17) is 14.2 Å². The lowest BCUT2D eigenvalue weighted by atomic mass is 9.33. The Morgan fingerprint density at radius 3 is 1.12 bits per heavy atom. The van der Waals surface area contributed by atoms with Gasteiger partial charge in [0.05, 0.1) is 0 Å². The molecule has 4 heteroatoms. The second-order valence-corrected chi connectivity index (χ2v) is 9.71. The maximum absolute atomic E-state index is 6.59. The van der Waals surface area contributed by atoms with Crippen molar-refractivity contribution in [1.82, 2.24) is 0 Å². The Morgan fingerprint density at radius 1 is 0.485 bits per heavy atom. The fourth-order valence-corrected chi connectivity index (χ4v) is 5.60. The van der Waals surface area contributed by atoms with Crippen molar-refractivity contribution in [2.24, 2.45) is 0 Å². The van der Waals surface area contributed by atoms with Crippen LogP contribution in [0.2, 0.25) is 0 Å². The summed E-state index contributed by atoms with van der Waals surface area (Å²) in [6.07, 6.45) is 8.88. The van der Waals surface area contributed by atoms with E-state index in [2.05, 4.69) is 57.2 Å². The topological polar surface area (TPSA) is 27.7 Å². The van der Waals surface area contributed by atoms with Crippen molar-refractivity contribution in [2.45, 2.75) is 72.1 Å². The minimum Gasteiger partial charge on any atom is -0.458 e. The van der Waals surface area contributed by atoms with E-state index in [0.717, 1.165) is 76.6 Å². The molecule has 3 aliphatic heterocycles. The standard InChI is InChI=1S/C29H31BO3/c1-4-7-10-19-14-23-28-25(16-19)33-26-17-20(11-8-5-2)15-24-29(26)30(28)27-21(31-23)12-18(9-6-3)13-22(27)32-24/h12-17H,4-11H2,1-3H3. The molecule has 33 heavy (non-hydrogen) atoms. The van der Waals surface area contributed by atoms with Crippen LogP contribution < -0.4 is 30.6 Å². The van der Waals surface area contributed by atoms with Gasteiger partial charge in [-0.2, -0.15) is 0 Å². The van der Waals surface area contributed by atoms with Crippen LogP contribution >= 0.6 is 0 Å². The molecule has 0 aliphatic carbocycles. The molecule has 6 rings (SSSR count). The minimum atomic E-state index is 0.109. The van der Waals surface area contributed by atoms with Crippen LogP contribution in [0.25, 0.3) is 0 Å². The average molecular weight is 438 g/mol. The minimum absolute atomic E-state index is 0.109. The highest BCUT2D eigenvalue weighted by Gasteiger charge is 2.46. The van der Waals surface area contributed by atoms with Crippen molar-refractivity contribution in [1.29, 1.82) is 0 Å². The molecule has 168 valence electrons. The van der Waals surface area contributed by atoms with Gasteiger partial charge in [-0.25, -0.2) is 0 Å². The summed E-state index contributed by atoms with van der Waals surface area (Å²) < 4.78 is 19.7. The first-order valence-electron chi connectivity index (χ1n) is 12.7. The van der Waals surface area contributed by atoms with E-state index in [-0.39, 0.29) is 6.71 Å². The monoisotopic (exact) mass is 438 g/mol. The predicted octanol–water partition coefficient (Wildman–Crippen LogP) is 6.16. The number of hydrogen-bond donors (Lipinski definition) is 0. The molecule has 0 saturated carbocycles. The first kappa shape index (κ1) is 20.7. The van der Waals surface area contributed by atoms with Gasteiger partial charge in [-0.3, -0.25) is 0 Å². The van der Waals surface area contributed by atoms with Gasteiger partial charge in [0.1, 0.15) is 34.5 Å². The van der Waals surface area contributed by atoms with Gasteiger partial charge in [-0.05, 0) is 85.2 Å². The lowest BCUT2D eigenvalue weighted by Gasteiger charge is -2.38. The number of rotatable bonds is 8. The van der Waals surface area contributed by atoms with Crippen LogP contribution in [0.3, 0.4) is 0 Å². The van der Waals surface area contributed by atoms with Gasteiger partial charge in [0, 0.05) is 16.4 Å². The molecule has 0 saturated heterocycles. The van der Waals surface area contributed by atoms with Crippen LogP contribution in [0.5, 0.6) is 34.5 Å². The third-order valence-electron chi connectivity index (χ3n) is 7.19. The summed E-state index contributed by atoms with van der Waals surface area (Å²) in [5.74, 6) is 5.69. The lowest BCUT2D eigenvalue weighted by Crippen LogP contribution is -2.59. The number of unbranched alkanes of at least 4 members (excludes halogenated alkanes) is 2. The third kappa shape index (κ3) is 3.34. The summed E-state index contributed by atoms with van der Waals surface area (Å²) >= 11 is 0. The van der Waals surface area contributed by atoms with Gasteiger partial charge in [-0.15, -0.1) is 0 Å². The summed E-state index contributed by atoms with van der Waals surface area (Å²) in [5.41, 5.74) is 7.32. The first-order valence-corrected chi connectivity index (χ1v) is 12.7. The van der Waals surface area contributed by atoms with Gasteiger partial charge in [-0.1, -0.05) is 40.0 Å². The van der Waals surface area contributed by atoms with Crippen LogP contribution in [0.1, 0.15) is 69.6 Å². The molecule has 0 atom stereocenters. The zero-order chi connectivity index (χ0) is 22.5. The van der Waals surface area contributed by atoms with Crippen molar-refractivity contribution in [3.8, 4) is 34.5 Å². The van der Waals surface area contributed by atoms with E-state index in [9.17, 15) is 0 Å². The molecule has 3 heterocycles. The molecular formula is C29H31BO3. The number of aryl methyl sites for hydroxylation is 3. The van der Waals surface area contributed by atoms with Crippen LogP contribution in [0.4, 0.5) is 0 Å². The highest BCUT2D eigenvalue weighted by Crippen LogP contribution is 2.43. The Balaban J connectivity index is 1.56. The Morgan fingerprint density at radius 2 is 0.818 bits per heavy atom. The van der Waals surface area contributed by atoms with Gasteiger partial charge in [0.25, 0.3) is 6.71 Å². The molecule has 3 aromatic carbocycles. The molecule has 0 amide bonds. The summed E-state index contributed by atoms with van der Waals surface area (Å²) in [6, 6.07) is 13.4. The quantitative estimate of drug-likeness (QED) is 0.267. The van der Waals surface area contributed by atoms with Crippen molar-refractivity contribution >= 4 is 23.1 Å². The molecule has 3 aromatic rings. The van der Waals surface area contributed by atoms with Crippen LogP contribution in [0.15, 0.2) is 36.4 Å². The van der Waals surface area contributed by atoms with E-state index >= 15 is 0 Å². The Bertz CT molecular complexity index is 1160. The molecule has 0 radical (unpaired) electrons. The summed E-state index contributed by atoms with van der Waals surface area (Å²) in [6.45, 7) is 6.80. The van der Waals surface area contributed by atoms with E-state index in [0.29, 0.717) is 0 Å². The van der Waals surface area contributed by atoms with Gasteiger partial charge in [0.15, 0.2) is 0 Å². The SMILES string of the molecule is CCCCc1cc2c3c(c1)Oc1cc(CCCC)cc4c1B3c1c(cc(CCC)cc1O4)O2. The van der Waals surface area contributed by atoms with Gasteiger partial charge in [0.2, 0.25) is 0 Å². The molecule has 0 fully saturated rings. The maximum Gasteiger partial charge on any atom is 0.270 e. The Labute approximate surface area is 197 Å². The number of hydrogen-bond acceptors (Lipinski definition) is 3. The zero-order valence-corrected chi connectivity index (χ0v) is 19.9. The van der Waals surface area contributed by atoms with Crippen LogP contribution in [-0.4, -0.2) is 6.71 Å². The van der Waals surface area contributed by atoms with E-state index in [1.54, 1.807) is 0 Å². The zero-order valence-electron chi connectivity index (χ0n) is 19.9. The second kappa shape index (κ2) is 8.16. The molecule has 3 nitrogen and oxygen atoms in total. The van der Waals surface area contributed by atoms with Gasteiger partial charge < -0.3 is 14.2 Å². The fraction of sp³-hybridized carbons (Fsp3) is 0.379. The van der Waals surface area contributed by atoms with E-state index < -0.39 is 0 Å². The van der Waals surface area contributed by atoms with E-state index in [1.807, 2.05) is 0 Å².